The fourth-order valence-electron chi connectivity index (χ4n) is 1.30. The smallest absolute Gasteiger partial charge is 0.328 e. The molecular weight excluding hydrogens is 180 g/mol. The van der Waals surface area contributed by atoms with Crippen LogP contribution in [0.1, 0.15) is 27.7 Å². The molecule has 0 N–H and O–H groups in total. The highest BCUT2D eigenvalue weighted by Crippen LogP contribution is 2.23. The van der Waals surface area contributed by atoms with E-state index in [-0.39, 0.29) is 0 Å². The van der Waals surface area contributed by atoms with E-state index in [0.29, 0.717) is 11.5 Å². The van der Waals surface area contributed by atoms with Crippen LogP contribution in [-0.4, -0.2) is 22.5 Å². The summed E-state index contributed by atoms with van der Waals surface area (Å²) in [5, 5.41) is 0. The van der Waals surface area contributed by atoms with E-state index in [0.717, 1.165) is 13.2 Å². The molecule has 0 radical (unpaired) electrons. The summed E-state index contributed by atoms with van der Waals surface area (Å²) in [5.41, 5.74) is 0.417. The lowest BCUT2D eigenvalue weighted by Gasteiger charge is -2.24. The molecule has 0 aliphatic carbocycles. The molecule has 0 spiro atoms. The molecule has 1 atom stereocenters. The summed E-state index contributed by atoms with van der Waals surface area (Å²) in [6, 6.07) is 0. The molecule has 0 aromatic rings. The Morgan fingerprint density at radius 3 is 1.92 bits per heavy atom. The van der Waals surface area contributed by atoms with E-state index in [4.69, 9.17) is 8.85 Å². The Balaban J connectivity index is 4.19. The van der Waals surface area contributed by atoms with Crippen LogP contribution in [0.15, 0.2) is 12.7 Å². The summed E-state index contributed by atoms with van der Waals surface area (Å²) in [5.74, 6) is 0.562. The molecule has 13 heavy (non-hydrogen) atoms. The highest BCUT2D eigenvalue weighted by atomic mass is 28.3. The van der Waals surface area contributed by atoms with Crippen molar-refractivity contribution in [2.75, 3.05) is 13.2 Å². The second-order valence-electron chi connectivity index (χ2n) is 3.34. The summed E-state index contributed by atoms with van der Waals surface area (Å²) < 4.78 is 11.3. The number of allylic oxidation sites excluding steroid dienone is 1. The SMILES string of the molecule is C=CC(C(C)C)[SiH](OCC)OCC. The van der Waals surface area contributed by atoms with Gasteiger partial charge in [-0.2, -0.15) is 0 Å². The van der Waals surface area contributed by atoms with Crippen molar-refractivity contribution in [3.63, 3.8) is 0 Å². The number of hydrogen-bond acceptors (Lipinski definition) is 2. The summed E-state index contributed by atoms with van der Waals surface area (Å²) >= 11 is 0. The average molecular weight is 202 g/mol. The van der Waals surface area contributed by atoms with Crippen LogP contribution in [0.25, 0.3) is 0 Å². The van der Waals surface area contributed by atoms with Crippen LogP contribution in [0.5, 0.6) is 0 Å². The predicted octanol–water partition coefficient (Wildman–Crippen LogP) is 2.49. The molecule has 0 amide bonds. The minimum absolute atomic E-state index is 0.417. The zero-order valence-corrected chi connectivity index (χ0v) is 10.4. The van der Waals surface area contributed by atoms with Crippen LogP contribution in [0, 0.1) is 5.92 Å². The molecule has 0 aliphatic rings. The minimum Gasteiger partial charge on any atom is -0.396 e. The average Bonchev–Trinajstić information content (AvgIpc) is 2.05. The Kier molecular flexibility index (Phi) is 7.23. The normalized spacial score (nSPS) is 13.7. The van der Waals surface area contributed by atoms with E-state index < -0.39 is 9.28 Å². The molecule has 0 saturated heterocycles. The third-order valence-electron chi connectivity index (χ3n) is 2.02. The molecule has 0 saturated carbocycles. The molecule has 0 rings (SSSR count). The van der Waals surface area contributed by atoms with Gasteiger partial charge in [0.1, 0.15) is 0 Å². The molecule has 0 aromatic heterocycles. The van der Waals surface area contributed by atoms with Gasteiger partial charge < -0.3 is 8.85 Å². The lowest BCUT2D eigenvalue weighted by Crippen LogP contribution is -2.30. The van der Waals surface area contributed by atoms with E-state index in [2.05, 4.69) is 20.4 Å². The second-order valence-corrected chi connectivity index (χ2v) is 5.51. The zero-order valence-electron chi connectivity index (χ0n) is 9.25. The van der Waals surface area contributed by atoms with Crippen LogP contribution >= 0.6 is 0 Å². The predicted molar refractivity (Wildman–Crippen MR) is 59.2 cm³/mol. The summed E-state index contributed by atoms with van der Waals surface area (Å²) in [6.07, 6.45) is 1.98. The number of hydrogen-bond donors (Lipinski definition) is 0. The van der Waals surface area contributed by atoms with Crippen molar-refractivity contribution in [1.29, 1.82) is 0 Å². The van der Waals surface area contributed by atoms with Gasteiger partial charge in [-0.05, 0) is 19.8 Å². The van der Waals surface area contributed by atoms with Gasteiger partial charge in [0.05, 0.1) is 0 Å². The standard InChI is InChI=1S/C10H22O2Si/c1-6-10(9(4)5)13(11-7-2)12-8-3/h6,9-10,13H,1,7-8H2,2-5H3. The second kappa shape index (κ2) is 7.30. The van der Waals surface area contributed by atoms with E-state index in [1.165, 1.54) is 0 Å². The summed E-state index contributed by atoms with van der Waals surface area (Å²) in [4.78, 5) is 0. The number of rotatable bonds is 7. The van der Waals surface area contributed by atoms with Crippen LogP contribution in [-0.2, 0) is 8.85 Å². The lowest BCUT2D eigenvalue weighted by molar-refractivity contribution is 0.202. The third-order valence-corrected chi connectivity index (χ3v) is 5.01. The van der Waals surface area contributed by atoms with E-state index >= 15 is 0 Å². The van der Waals surface area contributed by atoms with Gasteiger partial charge in [-0.1, -0.05) is 19.9 Å². The van der Waals surface area contributed by atoms with Crippen molar-refractivity contribution in [3.8, 4) is 0 Å². The first kappa shape index (κ1) is 12.9. The van der Waals surface area contributed by atoms with Gasteiger partial charge in [0.25, 0.3) is 0 Å². The molecule has 2 nitrogen and oxygen atoms in total. The van der Waals surface area contributed by atoms with Crippen LogP contribution in [0.3, 0.4) is 0 Å². The van der Waals surface area contributed by atoms with Gasteiger partial charge in [0, 0.05) is 18.8 Å². The maximum absolute atomic E-state index is 5.64. The highest BCUT2D eigenvalue weighted by molar-refractivity contribution is 6.47. The lowest BCUT2D eigenvalue weighted by atomic mass is 10.1. The Morgan fingerprint density at radius 2 is 1.69 bits per heavy atom. The molecule has 1 unspecified atom stereocenters. The Hall–Kier alpha value is -0.123. The Bertz CT molecular complexity index is 131. The minimum atomic E-state index is -1.52. The third kappa shape index (κ3) is 4.60. The molecule has 3 heteroatoms. The molecule has 0 fully saturated rings. The monoisotopic (exact) mass is 202 g/mol. The van der Waals surface area contributed by atoms with Crippen molar-refractivity contribution in [2.45, 2.75) is 33.2 Å². The van der Waals surface area contributed by atoms with Gasteiger partial charge in [0.15, 0.2) is 0 Å². The van der Waals surface area contributed by atoms with Gasteiger partial charge >= 0.3 is 9.28 Å². The van der Waals surface area contributed by atoms with Gasteiger partial charge in [0.2, 0.25) is 0 Å². The van der Waals surface area contributed by atoms with Crippen molar-refractivity contribution in [2.24, 2.45) is 5.92 Å². The molecule has 0 aliphatic heterocycles. The highest BCUT2D eigenvalue weighted by Gasteiger charge is 2.25. The quantitative estimate of drug-likeness (QED) is 0.466. The first-order valence-electron chi connectivity index (χ1n) is 5.03. The van der Waals surface area contributed by atoms with Gasteiger partial charge in [-0.3, -0.25) is 0 Å². The van der Waals surface area contributed by atoms with Crippen molar-refractivity contribution >= 4 is 9.28 Å². The van der Waals surface area contributed by atoms with Gasteiger partial charge in [-0.25, -0.2) is 0 Å². The van der Waals surface area contributed by atoms with E-state index in [9.17, 15) is 0 Å². The Labute approximate surface area is 83.8 Å². The molecule has 0 bridgehead atoms. The van der Waals surface area contributed by atoms with Gasteiger partial charge in [-0.15, -0.1) is 6.58 Å². The topological polar surface area (TPSA) is 18.5 Å². The van der Waals surface area contributed by atoms with Crippen LogP contribution < -0.4 is 0 Å². The van der Waals surface area contributed by atoms with Crippen molar-refractivity contribution in [3.05, 3.63) is 12.7 Å². The molecular formula is C10H22O2Si. The summed E-state index contributed by atoms with van der Waals surface area (Å²) in [7, 11) is -1.52. The fourth-order valence-corrected chi connectivity index (χ4v) is 3.34. The maximum Gasteiger partial charge on any atom is 0.328 e. The molecule has 0 heterocycles. The van der Waals surface area contributed by atoms with Crippen molar-refractivity contribution in [1.82, 2.24) is 0 Å². The zero-order chi connectivity index (χ0) is 10.3. The first-order valence-corrected chi connectivity index (χ1v) is 6.64. The van der Waals surface area contributed by atoms with Crippen molar-refractivity contribution < 1.29 is 8.85 Å². The first-order chi connectivity index (χ1) is 6.17. The summed E-state index contributed by atoms with van der Waals surface area (Å²) in [6.45, 7) is 13.7. The molecule has 0 aromatic carbocycles. The van der Waals surface area contributed by atoms with Crippen LogP contribution in [0.2, 0.25) is 5.54 Å². The molecule has 78 valence electrons. The largest absolute Gasteiger partial charge is 0.396 e. The fraction of sp³-hybridized carbons (Fsp3) is 0.800. The van der Waals surface area contributed by atoms with E-state index in [1.54, 1.807) is 0 Å². The maximum atomic E-state index is 5.64. The Morgan fingerprint density at radius 1 is 1.23 bits per heavy atom. The van der Waals surface area contributed by atoms with E-state index in [1.807, 2.05) is 19.9 Å². The van der Waals surface area contributed by atoms with Crippen LogP contribution in [0.4, 0.5) is 0 Å².